The third-order valence-electron chi connectivity index (χ3n) is 1.76. The second-order valence-corrected chi connectivity index (χ2v) is 2.51. The van der Waals surface area contributed by atoms with E-state index in [0.717, 1.165) is 0 Å². The quantitative estimate of drug-likeness (QED) is 0.423. The predicted molar refractivity (Wildman–Crippen MR) is 49.2 cm³/mol. The third-order valence-corrected chi connectivity index (χ3v) is 1.76. The van der Waals surface area contributed by atoms with Crippen LogP contribution in [0.15, 0.2) is 28.1 Å². The Morgan fingerprint density at radius 3 is 1.18 bits per heavy atom. The fraction of sp³-hybridized carbons (Fsp3) is 0. The molecule has 82 valence electrons. The molecule has 0 aromatic rings. The number of allylic oxidation sites excluding steroid dienone is 2. The summed E-state index contributed by atoms with van der Waals surface area (Å²) in [6, 6.07) is 0. The van der Waals surface area contributed by atoms with Crippen molar-refractivity contribution in [1.82, 2.24) is 5.32 Å². The van der Waals surface area contributed by atoms with Gasteiger partial charge in [0.2, 0.25) is 0 Å². The van der Waals surface area contributed by atoms with Gasteiger partial charge in [0.15, 0.2) is 11.9 Å². The Morgan fingerprint density at radius 1 is 0.588 bits per heavy atom. The maximum atomic E-state index is 10.5. The fourth-order valence-electron chi connectivity index (χ4n) is 1.08. The average molecular weight is 311 g/mol. The second-order valence-electron chi connectivity index (χ2n) is 2.51. The zero-order valence-electron chi connectivity index (χ0n) is 7.95. The smallest absolute Gasteiger partial charge is 0.152 e. The van der Waals surface area contributed by atoms with Crippen molar-refractivity contribution in [3.8, 4) is 0 Å². The Morgan fingerprint density at radius 2 is 0.941 bits per heavy atom. The van der Waals surface area contributed by atoms with Crippen LogP contribution in [0.4, 0.5) is 0 Å². The first kappa shape index (κ1) is 14.7. The van der Waals surface area contributed by atoms with Gasteiger partial charge >= 0.3 is 0 Å². The first-order chi connectivity index (χ1) is 7.73. The van der Waals surface area contributed by atoms with Crippen molar-refractivity contribution >= 4 is 29.7 Å². The summed E-state index contributed by atoms with van der Waals surface area (Å²) < 4.78 is 0. The molecule has 1 aliphatic rings. The van der Waals surface area contributed by atoms with Crippen molar-refractivity contribution in [2.75, 3.05) is 0 Å². The molecule has 1 heterocycles. The summed E-state index contributed by atoms with van der Waals surface area (Å²) in [5, 5.41) is 2.11. The third kappa shape index (κ3) is 2.46. The van der Waals surface area contributed by atoms with Gasteiger partial charge in [-0.2, -0.15) is 0 Å². The summed E-state index contributed by atoms with van der Waals surface area (Å²) in [7, 11) is 0. The first-order valence-corrected chi connectivity index (χ1v) is 3.77. The van der Waals surface area contributed by atoms with Crippen LogP contribution < -0.4 is 5.32 Å². The van der Waals surface area contributed by atoms with Crippen molar-refractivity contribution < 1.29 is 45.0 Å². The molecule has 0 unspecified atom stereocenters. The molecule has 17 heavy (non-hydrogen) atoms. The van der Waals surface area contributed by atoms with E-state index in [1.54, 1.807) is 0 Å². The molecule has 0 bridgehead atoms. The van der Waals surface area contributed by atoms with E-state index in [1.165, 1.54) is 29.7 Å². The normalized spacial score (nSPS) is 13.3. The summed E-state index contributed by atoms with van der Waals surface area (Å²) in [5.74, 6) is 6.40. The molecule has 0 aromatic heterocycles. The molecule has 0 amide bonds. The van der Waals surface area contributed by atoms with Gasteiger partial charge in [-0.3, -0.25) is 0 Å². The van der Waals surface area contributed by atoms with Gasteiger partial charge in [-0.15, -0.1) is 0 Å². The average Bonchev–Trinajstić information content (AvgIpc) is 2.35. The van der Waals surface area contributed by atoms with Crippen LogP contribution in [0.25, 0.3) is 0 Å². The zero-order chi connectivity index (χ0) is 12.1. The van der Waals surface area contributed by atoms with E-state index in [-0.39, 0.29) is 21.1 Å². The van der Waals surface area contributed by atoms with Crippen LogP contribution in [0.1, 0.15) is 0 Å². The minimum absolute atomic E-state index is 0. The number of nitrogens with one attached hydrogen (secondary N) is 1. The van der Waals surface area contributed by atoms with Crippen molar-refractivity contribution in [2.45, 2.75) is 0 Å². The van der Waals surface area contributed by atoms with E-state index in [2.05, 4.69) is 5.32 Å². The summed E-state index contributed by atoms with van der Waals surface area (Å²) in [6.07, 6.45) is 0. The van der Waals surface area contributed by atoms with Gasteiger partial charge in [0.1, 0.15) is 45.9 Å². The van der Waals surface area contributed by atoms with E-state index in [4.69, 9.17) is 0 Å². The van der Waals surface area contributed by atoms with Crippen molar-refractivity contribution in [3.63, 3.8) is 0 Å². The van der Waals surface area contributed by atoms with Crippen LogP contribution in [-0.4, -0.2) is 29.7 Å². The molecule has 1 saturated heterocycles. The molecule has 1 fully saturated rings. The Labute approximate surface area is 108 Å². The summed E-state index contributed by atoms with van der Waals surface area (Å²) >= 11 is 0. The maximum absolute atomic E-state index is 10.5. The number of hydrogen-bond acceptors (Lipinski definition) is 6. The molecule has 0 aromatic carbocycles. The van der Waals surface area contributed by atoms with Crippen LogP contribution in [0.2, 0.25) is 0 Å². The van der Waals surface area contributed by atoms with E-state index < -0.39 is 28.1 Å². The van der Waals surface area contributed by atoms with Gasteiger partial charge < -0.3 is 5.32 Å². The fourth-order valence-corrected chi connectivity index (χ4v) is 1.08. The molecule has 0 saturated carbocycles. The van der Waals surface area contributed by atoms with Gasteiger partial charge in [-0.1, -0.05) is 0 Å². The van der Waals surface area contributed by atoms with Crippen LogP contribution in [0.3, 0.4) is 0 Å². The van der Waals surface area contributed by atoms with Gasteiger partial charge in [-0.05, 0) is 0 Å². The van der Waals surface area contributed by atoms with Crippen molar-refractivity contribution in [2.24, 2.45) is 0 Å². The van der Waals surface area contributed by atoms with Gasteiger partial charge in [-0.25, -0.2) is 24.0 Å². The van der Waals surface area contributed by atoms with E-state index >= 15 is 0 Å². The largest absolute Gasteiger partial charge is 0.335 e. The topological polar surface area (TPSA) is 97.4 Å². The van der Waals surface area contributed by atoms with E-state index in [9.17, 15) is 24.0 Å². The van der Waals surface area contributed by atoms with Crippen LogP contribution in [0.5, 0.6) is 0 Å². The van der Waals surface area contributed by atoms with Gasteiger partial charge in [0.05, 0.1) is 0 Å². The summed E-state index contributed by atoms with van der Waals surface area (Å²) in [5.41, 5.74) is -2.58. The monoisotopic (exact) mass is 313 g/mol. The Balaban J connectivity index is 0.00000256. The number of piperidine rings is 1. The molecule has 6 nitrogen and oxygen atoms in total. The van der Waals surface area contributed by atoms with Gasteiger partial charge in [0.25, 0.3) is 0 Å². The number of rotatable bonds is 0. The molecule has 0 spiro atoms. The molecule has 1 rings (SSSR count). The Kier molecular flexibility index (Phi) is 5.50. The Hall–Kier alpha value is -2.26. The van der Waals surface area contributed by atoms with Crippen molar-refractivity contribution in [1.29, 1.82) is 0 Å². The maximum Gasteiger partial charge on any atom is 0.152 e. The summed E-state index contributed by atoms with van der Waals surface area (Å²) in [4.78, 5) is 52.4. The van der Waals surface area contributed by atoms with Gasteiger partial charge in [0, 0.05) is 21.1 Å². The standard InChI is InChI=1S/C10HNO5.Mo/c12-1-6-7(2-13)9(4-15)11-10(5-16)8(6)3-14;/h11H;. The van der Waals surface area contributed by atoms with E-state index in [1.807, 2.05) is 0 Å². The van der Waals surface area contributed by atoms with Crippen molar-refractivity contribution in [3.05, 3.63) is 28.1 Å². The van der Waals surface area contributed by atoms with E-state index in [0.29, 0.717) is 0 Å². The predicted octanol–water partition coefficient (Wildman–Crippen LogP) is -1.71. The second kappa shape index (κ2) is 6.35. The number of hydrogen-bond donors (Lipinski definition) is 1. The SMILES string of the molecule is O=C=C1NC(=C=O)C(=C=O)C(=C=O)C1=C=O.[Mo]. The minimum atomic E-state index is -0.569. The molecule has 0 aliphatic carbocycles. The summed E-state index contributed by atoms with van der Waals surface area (Å²) in [6.45, 7) is 0. The molecular weight excluding hydrogens is 310 g/mol. The molecule has 1 aliphatic heterocycles. The van der Waals surface area contributed by atoms with Crippen LogP contribution >= 0.6 is 0 Å². The Bertz CT molecular complexity index is 567. The molecule has 0 atom stereocenters. The molecular formula is C10HMoNO5. The van der Waals surface area contributed by atoms with Crippen LogP contribution in [-0.2, 0) is 45.0 Å². The van der Waals surface area contributed by atoms with Crippen LogP contribution in [0, 0.1) is 0 Å². The zero-order valence-corrected chi connectivity index (χ0v) is 9.96. The molecule has 1 N–H and O–H groups in total. The molecule has 0 radical (unpaired) electrons. The minimum Gasteiger partial charge on any atom is -0.335 e. The number of carbonyl (C=O) groups excluding carboxylic acids is 5. The first-order valence-electron chi connectivity index (χ1n) is 3.77. The molecule has 7 heteroatoms.